The van der Waals surface area contributed by atoms with Crippen LogP contribution in [0.15, 0.2) is 72.9 Å². The predicted molar refractivity (Wildman–Crippen MR) is 108 cm³/mol. The quantitative estimate of drug-likeness (QED) is 0.710. The van der Waals surface area contributed by atoms with Crippen LogP contribution in [0.4, 0.5) is 5.69 Å². The molecule has 1 aliphatic heterocycles. The zero-order valence-corrected chi connectivity index (χ0v) is 15.8. The van der Waals surface area contributed by atoms with Gasteiger partial charge in [0, 0.05) is 23.5 Å². The highest BCUT2D eigenvalue weighted by Gasteiger charge is 2.39. The molecular formula is C22H18ClN3O2. The van der Waals surface area contributed by atoms with Gasteiger partial charge in [-0.1, -0.05) is 41.9 Å². The fourth-order valence-corrected chi connectivity index (χ4v) is 3.64. The summed E-state index contributed by atoms with van der Waals surface area (Å²) in [6.07, 6.45) is 1.78. The van der Waals surface area contributed by atoms with Crippen molar-refractivity contribution in [2.75, 3.05) is 4.90 Å². The number of anilines is 1. The molecule has 0 bridgehead atoms. The highest BCUT2D eigenvalue weighted by Crippen LogP contribution is 2.38. The van der Waals surface area contributed by atoms with Crippen LogP contribution in [0.1, 0.15) is 34.1 Å². The van der Waals surface area contributed by atoms with Crippen LogP contribution in [0, 0.1) is 0 Å². The molecule has 0 aliphatic carbocycles. The highest BCUT2D eigenvalue weighted by atomic mass is 35.5. The first-order valence-electron chi connectivity index (χ1n) is 8.98. The second kappa shape index (κ2) is 7.82. The molecule has 1 aromatic heterocycles. The van der Waals surface area contributed by atoms with Gasteiger partial charge in [0.25, 0.3) is 5.91 Å². The Kier molecular flexibility index (Phi) is 5.08. The van der Waals surface area contributed by atoms with Crippen molar-refractivity contribution in [2.24, 2.45) is 0 Å². The monoisotopic (exact) mass is 391 g/mol. The molecular weight excluding hydrogens is 374 g/mol. The van der Waals surface area contributed by atoms with Gasteiger partial charge < -0.3 is 5.32 Å². The zero-order chi connectivity index (χ0) is 19.5. The summed E-state index contributed by atoms with van der Waals surface area (Å²) >= 11 is 5.99. The number of amides is 2. The Bertz CT molecular complexity index is 1020. The van der Waals surface area contributed by atoms with Gasteiger partial charge in [0.2, 0.25) is 5.91 Å². The van der Waals surface area contributed by atoms with Crippen molar-refractivity contribution in [2.45, 2.75) is 19.0 Å². The summed E-state index contributed by atoms with van der Waals surface area (Å²) in [5.74, 6) is -0.292. The lowest BCUT2D eigenvalue weighted by atomic mass is 10.1. The maximum absolute atomic E-state index is 12.9. The van der Waals surface area contributed by atoms with E-state index in [9.17, 15) is 9.59 Å². The molecule has 0 saturated heterocycles. The van der Waals surface area contributed by atoms with Gasteiger partial charge in [0.15, 0.2) is 0 Å². The van der Waals surface area contributed by atoms with Gasteiger partial charge in [0.1, 0.15) is 0 Å². The number of hydrogen-bond acceptors (Lipinski definition) is 3. The number of nitrogens with zero attached hydrogens (tertiary/aromatic N) is 2. The van der Waals surface area contributed by atoms with Gasteiger partial charge in [-0.3, -0.25) is 19.5 Å². The first-order chi connectivity index (χ1) is 13.6. The van der Waals surface area contributed by atoms with Crippen molar-refractivity contribution in [3.8, 4) is 0 Å². The Hall–Kier alpha value is -3.18. The molecule has 1 N–H and O–H groups in total. The number of nitrogens with one attached hydrogen (secondary N) is 1. The molecule has 2 aromatic carbocycles. The molecule has 4 rings (SSSR count). The molecule has 140 valence electrons. The Balaban J connectivity index is 1.55. The van der Waals surface area contributed by atoms with Crippen molar-refractivity contribution in [1.29, 1.82) is 0 Å². The second-order valence-electron chi connectivity index (χ2n) is 6.57. The second-order valence-corrected chi connectivity index (χ2v) is 7.01. The Morgan fingerprint density at radius 2 is 1.89 bits per heavy atom. The molecule has 6 heteroatoms. The average molecular weight is 392 g/mol. The lowest BCUT2D eigenvalue weighted by Crippen LogP contribution is -2.32. The summed E-state index contributed by atoms with van der Waals surface area (Å²) in [7, 11) is 0. The largest absolute Gasteiger partial charge is 0.352 e. The van der Waals surface area contributed by atoms with Crippen LogP contribution >= 0.6 is 11.6 Å². The molecule has 1 aliphatic rings. The molecule has 2 amide bonds. The molecule has 1 unspecified atom stereocenters. The lowest BCUT2D eigenvalue weighted by molar-refractivity contribution is -0.121. The van der Waals surface area contributed by atoms with E-state index < -0.39 is 6.04 Å². The number of rotatable bonds is 5. The van der Waals surface area contributed by atoms with Crippen LogP contribution in [-0.4, -0.2) is 16.8 Å². The first-order valence-corrected chi connectivity index (χ1v) is 9.36. The van der Waals surface area contributed by atoms with E-state index in [1.54, 1.807) is 29.3 Å². The standard InChI is InChI=1S/C22H18ClN3O2/c23-16-7-4-6-15(12-16)14-25-20(27)13-19-21-18(10-5-11-24-21)22(28)26(19)17-8-2-1-3-9-17/h1-12,19H,13-14H2,(H,25,27). The maximum Gasteiger partial charge on any atom is 0.260 e. The lowest BCUT2D eigenvalue weighted by Gasteiger charge is -2.24. The minimum Gasteiger partial charge on any atom is -0.352 e. The van der Waals surface area contributed by atoms with Crippen LogP contribution < -0.4 is 10.2 Å². The molecule has 0 fully saturated rings. The minimum atomic E-state index is -0.439. The third-order valence-electron chi connectivity index (χ3n) is 4.71. The predicted octanol–water partition coefficient (Wildman–Crippen LogP) is 4.14. The van der Waals surface area contributed by atoms with Gasteiger partial charge >= 0.3 is 0 Å². The van der Waals surface area contributed by atoms with E-state index in [-0.39, 0.29) is 18.2 Å². The molecule has 0 radical (unpaired) electrons. The first kappa shape index (κ1) is 18.2. The third-order valence-corrected chi connectivity index (χ3v) is 4.94. The molecule has 5 nitrogen and oxygen atoms in total. The van der Waals surface area contributed by atoms with E-state index in [0.29, 0.717) is 22.8 Å². The smallest absolute Gasteiger partial charge is 0.260 e. The number of para-hydroxylation sites is 1. The molecule has 3 aromatic rings. The molecule has 1 atom stereocenters. The van der Waals surface area contributed by atoms with Crippen LogP contribution in [0.3, 0.4) is 0 Å². The summed E-state index contributed by atoms with van der Waals surface area (Å²) in [6.45, 7) is 0.375. The van der Waals surface area contributed by atoms with Crippen LogP contribution in [-0.2, 0) is 11.3 Å². The van der Waals surface area contributed by atoms with E-state index in [4.69, 9.17) is 11.6 Å². The summed E-state index contributed by atoms with van der Waals surface area (Å²) < 4.78 is 0. The molecule has 0 spiro atoms. The van der Waals surface area contributed by atoms with Crippen molar-refractivity contribution < 1.29 is 9.59 Å². The zero-order valence-electron chi connectivity index (χ0n) is 15.0. The van der Waals surface area contributed by atoms with Crippen LogP contribution in [0.2, 0.25) is 5.02 Å². The molecule has 2 heterocycles. The fraction of sp³-hybridized carbons (Fsp3) is 0.136. The van der Waals surface area contributed by atoms with E-state index in [2.05, 4.69) is 10.3 Å². The van der Waals surface area contributed by atoms with Gasteiger partial charge in [-0.25, -0.2) is 0 Å². The topological polar surface area (TPSA) is 62.3 Å². The van der Waals surface area contributed by atoms with Gasteiger partial charge in [-0.15, -0.1) is 0 Å². The van der Waals surface area contributed by atoms with Gasteiger partial charge in [-0.2, -0.15) is 0 Å². The fourth-order valence-electron chi connectivity index (χ4n) is 3.43. The molecule has 0 saturated carbocycles. The van der Waals surface area contributed by atoms with Crippen molar-refractivity contribution >= 4 is 29.1 Å². The number of benzene rings is 2. The number of carbonyl (C=O) groups excluding carboxylic acids is 2. The summed E-state index contributed by atoms with van der Waals surface area (Å²) in [5.41, 5.74) is 2.84. The summed E-state index contributed by atoms with van der Waals surface area (Å²) in [5, 5.41) is 3.53. The van der Waals surface area contributed by atoms with Crippen molar-refractivity contribution in [3.05, 3.63) is 94.8 Å². The number of aromatic nitrogens is 1. The van der Waals surface area contributed by atoms with E-state index in [1.165, 1.54) is 0 Å². The van der Waals surface area contributed by atoms with Crippen LogP contribution in [0.25, 0.3) is 0 Å². The maximum atomic E-state index is 12.9. The normalized spacial score (nSPS) is 15.4. The third kappa shape index (κ3) is 3.62. The Morgan fingerprint density at radius 1 is 1.07 bits per heavy atom. The van der Waals surface area contributed by atoms with E-state index in [0.717, 1.165) is 11.3 Å². The van der Waals surface area contributed by atoms with Gasteiger partial charge in [0.05, 0.1) is 23.7 Å². The number of fused-ring (bicyclic) bond motifs is 1. The summed E-state index contributed by atoms with van der Waals surface area (Å²) in [6, 6.07) is 19.8. The number of hydrogen-bond donors (Lipinski definition) is 1. The average Bonchev–Trinajstić information content (AvgIpc) is 2.99. The number of carbonyl (C=O) groups is 2. The van der Waals surface area contributed by atoms with Crippen molar-refractivity contribution in [3.63, 3.8) is 0 Å². The Morgan fingerprint density at radius 3 is 2.68 bits per heavy atom. The minimum absolute atomic E-state index is 0.130. The van der Waals surface area contributed by atoms with Crippen LogP contribution in [0.5, 0.6) is 0 Å². The number of halogens is 1. The SMILES string of the molecule is O=C(CC1c2ncccc2C(=O)N1c1ccccc1)NCc1cccc(Cl)c1. The van der Waals surface area contributed by atoms with Gasteiger partial charge in [-0.05, 0) is 42.0 Å². The van der Waals surface area contributed by atoms with E-state index >= 15 is 0 Å². The molecule has 28 heavy (non-hydrogen) atoms. The summed E-state index contributed by atoms with van der Waals surface area (Å²) in [4.78, 5) is 31.6. The highest BCUT2D eigenvalue weighted by molar-refractivity contribution is 6.30. The Labute approximate surface area is 168 Å². The number of pyridine rings is 1. The van der Waals surface area contributed by atoms with Crippen molar-refractivity contribution in [1.82, 2.24) is 10.3 Å². The van der Waals surface area contributed by atoms with E-state index in [1.807, 2.05) is 48.5 Å².